The first-order valence-corrected chi connectivity index (χ1v) is 11.0. The molecule has 1 heterocycles. The van der Waals surface area contributed by atoms with Gasteiger partial charge in [0, 0.05) is 36.1 Å². The molecule has 2 amide bonds. The highest BCUT2D eigenvalue weighted by Crippen LogP contribution is 2.33. The Morgan fingerprint density at radius 2 is 1.56 bits per heavy atom. The van der Waals surface area contributed by atoms with Crippen molar-refractivity contribution >= 4 is 28.3 Å². The van der Waals surface area contributed by atoms with Crippen molar-refractivity contribution in [3.8, 4) is 29.1 Å². The Balaban J connectivity index is 1.46. The third-order valence-electron chi connectivity index (χ3n) is 5.24. The molecule has 0 bridgehead atoms. The maximum atomic E-state index is 12.3. The minimum absolute atomic E-state index is 0.340. The molecule has 0 spiro atoms. The first-order valence-electron chi connectivity index (χ1n) is 11.0. The maximum Gasteiger partial charge on any atom is 0.323 e. The van der Waals surface area contributed by atoms with Gasteiger partial charge in [-0.25, -0.2) is 4.79 Å². The highest BCUT2D eigenvalue weighted by molar-refractivity contribution is 5.99. The second-order valence-corrected chi connectivity index (χ2v) is 7.64. The molecule has 4 rings (SSSR count). The number of nitrogens with one attached hydrogen (secondary N) is 2. The summed E-state index contributed by atoms with van der Waals surface area (Å²) in [5.41, 5.74) is 2.18. The number of carbonyl (C=O) groups excluding carboxylic acids is 1. The third kappa shape index (κ3) is 5.81. The summed E-state index contributed by atoms with van der Waals surface area (Å²) in [5.74, 6) is 2.17. The number of methoxy groups -OCH3 is 2. The molecule has 4 aromatic rings. The molecule has 1 aromatic heterocycles. The summed E-state index contributed by atoms with van der Waals surface area (Å²) in [6.07, 6.45) is 1.10. The number of anilines is 2. The number of hydrogen-bond donors (Lipinski definition) is 2. The molecule has 1 unspecified atom stereocenters. The fraction of sp³-hybridized carbons (Fsp3) is 0.148. The lowest BCUT2D eigenvalue weighted by atomic mass is 10.1. The maximum absolute atomic E-state index is 12.3. The average Bonchev–Trinajstić information content (AvgIpc) is 2.90. The summed E-state index contributed by atoms with van der Waals surface area (Å²) >= 11 is 0. The lowest BCUT2D eigenvalue weighted by Crippen LogP contribution is -2.19. The first-order chi connectivity index (χ1) is 17.5. The van der Waals surface area contributed by atoms with Crippen LogP contribution in [-0.2, 0) is 4.74 Å². The fourth-order valence-electron chi connectivity index (χ4n) is 3.35. The lowest BCUT2D eigenvalue weighted by molar-refractivity contribution is -0.0383. The fourth-order valence-corrected chi connectivity index (χ4v) is 3.35. The summed E-state index contributed by atoms with van der Waals surface area (Å²) in [6, 6.07) is 20.8. The van der Waals surface area contributed by atoms with Crippen molar-refractivity contribution in [3.05, 3.63) is 78.5 Å². The van der Waals surface area contributed by atoms with Crippen LogP contribution in [0.1, 0.15) is 12.5 Å². The number of rotatable bonds is 8. The molecule has 3 aromatic carbocycles. The molecule has 0 saturated heterocycles. The molecule has 0 fully saturated rings. The quantitative estimate of drug-likeness (QED) is 0.298. The topological polar surface area (TPSA) is 115 Å². The Kier molecular flexibility index (Phi) is 7.48. The molecule has 0 radical (unpaired) electrons. The summed E-state index contributed by atoms with van der Waals surface area (Å²) < 4.78 is 22.0. The van der Waals surface area contributed by atoms with Gasteiger partial charge < -0.3 is 29.6 Å². The van der Waals surface area contributed by atoms with Gasteiger partial charge in [0.1, 0.15) is 29.1 Å². The number of benzene rings is 3. The van der Waals surface area contributed by atoms with Crippen LogP contribution in [0.2, 0.25) is 0 Å². The third-order valence-corrected chi connectivity index (χ3v) is 5.24. The van der Waals surface area contributed by atoms with E-state index in [0.717, 1.165) is 0 Å². The van der Waals surface area contributed by atoms with Crippen LogP contribution in [0.4, 0.5) is 16.2 Å². The van der Waals surface area contributed by atoms with Crippen molar-refractivity contribution in [1.29, 1.82) is 5.26 Å². The minimum atomic E-state index is -0.514. The smallest absolute Gasteiger partial charge is 0.323 e. The Morgan fingerprint density at radius 3 is 2.14 bits per heavy atom. The second-order valence-electron chi connectivity index (χ2n) is 7.64. The minimum Gasteiger partial charge on any atom is -0.497 e. The molecule has 0 aliphatic heterocycles. The van der Waals surface area contributed by atoms with Crippen LogP contribution in [0.5, 0.6) is 23.0 Å². The molecule has 1 atom stereocenters. The van der Waals surface area contributed by atoms with Gasteiger partial charge in [-0.05, 0) is 67.6 Å². The predicted molar refractivity (Wildman–Crippen MR) is 136 cm³/mol. The van der Waals surface area contributed by atoms with E-state index < -0.39 is 6.29 Å². The van der Waals surface area contributed by atoms with Gasteiger partial charge in [-0.1, -0.05) is 0 Å². The highest BCUT2D eigenvalue weighted by atomic mass is 16.7. The van der Waals surface area contributed by atoms with E-state index in [2.05, 4.69) is 21.7 Å². The highest BCUT2D eigenvalue weighted by Gasteiger charge is 2.13. The van der Waals surface area contributed by atoms with Gasteiger partial charge in [0.05, 0.1) is 18.2 Å². The summed E-state index contributed by atoms with van der Waals surface area (Å²) in [7, 11) is 3.11. The standard InChI is InChI=1S/C27H24N4O5/c1-17(33-2)35-26-15-24-23(14-18(26)16-28)25(12-13-29-24)36-22-10-6-20(7-11-22)31-27(32)30-19-4-8-21(34-3)9-5-19/h4-15,17H,1-3H3,(H2,30,31,32). The zero-order valence-corrected chi connectivity index (χ0v) is 19.9. The number of pyridine rings is 1. The van der Waals surface area contributed by atoms with Crippen LogP contribution in [0.3, 0.4) is 0 Å². The number of hydrogen-bond acceptors (Lipinski definition) is 7. The van der Waals surface area contributed by atoms with Gasteiger partial charge in [-0.3, -0.25) is 4.98 Å². The van der Waals surface area contributed by atoms with Crippen molar-refractivity contribution in [3.63, 3.8) is 0 Å². The van der Waals surface area contributed by atoms with Gasteiger partial charge in [0.15, 0.2) is 6.29 Å². The van der Waals surface area contributed by atoms with Crippen molar-refractivity contribution < 1.29 is 23.7 Å². The van der Waals surface area contributed by atoms with E-state index in [1.807, 2.05) is 0 Å². The van der Waals surface area contributed by atoms with Gasteiger partial charge >= 0.3 is 6.03 Å². The number of nitrogens with zero attached hydrogens (tertiary/aromatic N) is 2. The van der Waals surface area contributed by atoms with E-state index in [0.29, 0.717) is 50.8 Å². The van der Waals surface area contributed by atoms with Crippen molar-refractivity contribution in [2.45, 2.75) is 13.2 Å². The van der Waals surface area contributed by atoms with Crippen LogP contribution in [0, 0.1) is 11.3 Å². The van der Waals surface area contributed by atoms with E-state index >= 15 is 0 Å². The number of ether oxygens (including phenoxy) is 4. The molecule has 9 heteroatoms. The molecule has 0 saturated carbocycles. The molecule has 182 valence electrons. The van der Waals surface area contributed by atoms with E-state index in [1.54, 1.807) is 87.0 Å². The van der Waals surface area contributed by atoms with Gasteiger partial charge in [-0.15, -0.1) is 0 Å². The second kappa shape index (κ2) is 11.1. The van der Waals surface area contributed by atoms with Crippen LogP contribution >= 0.6 is 0 Å². The van der Waals surface area contributed by atoms with E-state index in [-0.39, 0.29) is 6.03 Å². The normalized spacial score (nSPS) is 11.3. The Hall–Kier alpha value is -4.81. The number of nitriles is 1. The molecule has 9 nitrogen and oxygen atoms in total. The van der Waals surface area contributed by atoms with Crippen LogP contribution < -0.4 is 24.8 Å². The van der Waals surface area contributed by atoms with Crippen molar-refractivity contribution in [1.82, 2.24) is 4.98 Å². The van der Waals surface area contributed by atoms with Gasteiger partial charge in [0.25, 0.3) is 0 Å². The van der Waals surface area contributed by atoms with E-state index in [1.165, 1.54) is 7.11 Å². The monoisotopic (exact) mass is 484 g/mol. The summed E-state index contributed by atoms with van der Waals surface area (Å²) in [6.45, 7) is 1.74. The van der Waals surface area contributed by atoms with E-state index in [9.17, 15) is 10.1 Å². The molecular weight excluding hydrogens is 460 g/mol. The SMILES string of the molecule is COc1ccc(NC(=O)Nc2ccc(Oc3ccnc4cc(OC(C)OC)c(C#N)cc34)cc2)cc1. The lowest BCUT2D eigenvalue weighted by Gasteiger charge is -2.15. The van der Waals surface area contributed by atoms with Crippen molar-refractivity contribution in [2.24, 2.45) is 0 Å². The summed E-state index contributed by atoms with van der Waals surface area (Å²) in [5, 5.41) is 15.8. The van der Waals surface area contributed by atoms with Gasteiger partial charge in [-0.2, -0.15) is 5.26 Å². The number of fused-ring (bicyclic) bond motifs is 1. The zero-order chi connectivity index (χ0) is 25.5. The van der Waals surface area contributed by atoms with Gasteiger partial charge in [0.2, 0.25) is 0 Å². The first kappa shape index (κ1) is 24.3. The Bertz CT molecular complexity index is 1400. The summed E-state index contributed by atoms with van der Waals surface area (Å²) in [4.78, 5) is 16.7. The largest absolute Gasteiger partial charge is 0.497 e. The van der Waals surface area contributed by atoms with Crippen LogP contribution in [0.15, 0.2) is 72.9 Å². The molecule has 36 heavy (non-hydrogen) atoms. The number of urea groups is 1. The van der Waals surface area contributed by atoms with Crippen molar-refractivity contribution in [2.75, 3.05) is 24.9 Å². The zero-order valence-electron chi connectivity index (χ0n) is 19.9. The predicted octanol–water partition coefficient (Wildman–Crippen LogP) is 5.92. The molecular formula is C27H24N4O5. The number of amides is 2. The number of aromatic nitrogens is 1. The Morgan fingerprint density at radius 1 is 0.917 bits per heavy atom. The molecule has 2 N–H and O–H groups in total. The molecule has 0 aliphatic rings. The average molecular weight is 485 g/mol. The van der Waals surface area contributed by atoms with Crippen LogP contribution in [-0.4, -0.2) is 31.5 Å². The Labute approximate surface area is 208 Å². The molecule has 0 aliphatic carbocycles. The van der Waals surface area contributed by atoms with E-state index in [4.69, 9.17) is 18.9 Å². The number of carbonyl (C=O) groups is 1. The van der Waals surface area contributed by atoms with Crippen LogP contribution in [0.25, 0.3) is 10.9 Å².